The van der Waals surface area contributed by atoms with Gasteiger partial charge in [0.05, 0.1) is 10.8 Å². The summed E-state index contributed by atoms with van der Waals surface area (Å²) in [5.41, 5.74) is 3.61. The van der Waals surface area contributed by atoms with Gasteiger partial charge in [-0.15, -0.1) is 10.2 Å². The lowest BCUT2D eigenvalue weighted by Gasteiger charge is -2.10. The molecule has 0 aliphatic carbocycles. The molecule has 0 saturated heterocycles. The number of hydrogen-bond acceptors (Lipinski definition) is 5. The molecule has 0 aliphatic heterocycles. The number of Topliss-reactive ketones (excluding diaryl/α,β-unsaturated/α-hetero) is 1. The number of carbonyl (C=O) groups is 1. The predicted octanol–water partition coefficient (Wildman–Crippen LogP) is 5.48. The van der Waals surface area contributed by atoms with Crippen molar-refractivity contribution in [3.8, 4) is 11.5 Å². The van der Waals surface area contributed by atoms with Crippen molar-refractivity contribution >= 4 is 33.5 Å². The van der Waals surface area contributed by atoms with E-state index in [1.807, 2.05) is 63.2 Å². The second-order valence-electron chi connectivity index (χ2n) is 5.80. The van der Waals surface area contributed by atoms with Crippen molar-refractivity contribution in [2.75, 3.05) is 0 Å². The smallest absolute Gasteiger partial charge is 0.277 e. The monoisotopic (exact) mass is 416 g/mol. The molecule has 4 nitrogen and oxygen atoms in total. The van der Waals surface area contributed by atoms with Gasteiger partial charge >= 0.3 is 0 Å². The zero-order valence-electron chi connectivity index (χ0n) is 14.1. The molecular weight excluding hydrogens is 400 g/mol. The zero-order valence-corrected chi connectivity index (χ0v) is 16.5. The second kappa shape index (κ2) is 7.54. The highest BCUT2D eigenvalue weighted by molar-refractivity contribution is 9.10. The number of hydrogen-bond donors (Lipinski definition) is 0. The molecule has 2 aromatic carbocycles. The van der Waals surface area contributed by atoms with Gasteiger partial charge in [-0.1, -0.05) is 41.6 Å². The number of aryl methyl sites for hydroxylation is 2. The largest absolute Gasteiger partial charge is 0.411 e. The number of benzene rings is 2. The average Bonchev–Trinajstić information content (AvgIpc) is 3.05. The van der Waals surface area contributed by atoms with Crippen LogP contribution in [0.4, 0.5) is 0 Å². The van der Waals surface area contributed by atoms with Crippen LogP contribution in [0.5, 0.6) is 0 Å². The van der Waals surface area contributed by atoms with Gasteiger partial charge in [-0.2, -0.15) is 0 Å². The summed E-state index contributed by atoms with van der Waals surface area (Å²) in [4.78, 5) is 12.7. The van der Waals surface area contributed by atoms with Gasteiger partial charge in [0.2, 0.25) is 5.89 Å². The minimum atomic E-state index is -0.312. The Kier molecular flexibility index (Phi) is 5.39. The summed E-state index contributed by atoms with van der Waals surface area (Å²) < 4.78 is 6.60. The summed E-state index contributed by atoms with van der Waals surface area (Å²) >= 11 is 4.75. The maximum atomic E-state index is 12.7. The molecule has 0 radical (unpaired) electrons. The summed E-state index contributed by atoms with van der Waals surface area (Å²) in [6.45, 7) is 5.79. The van der Waals surface area contributed by atoms with Crippen molar-refractivity contribution < 1.29 is 9.21 Å². The maximum Gasteiger partial charge on any atom is 0.277 e. The molecule has 0 bridgehead atoms. The molecule has 128 valence electrons. The SMILES string of the molecule is Cc1ccc(C)c(C(=O)C(C)Sc2nnc(-c3ccccc3Br)o2)c1. The van der Waals surface area contributed by atoms with Crippen molar-refractivity contribution in [3.63, 3.8) is 0 Å². The van der Waals surface area contributed by atoms with Crippen LogP contribution < -0.4 is 0 Å². The van der Waals surface area contributed by atoms with E-state index in [2.05, 4.69) is 26.1 Å². The minimum absolute atomic E-state index is 0.0619. The lowest BCUT2D eigenvalue weighted by molar-refractivity contribution is 0.0993. The number of rotatable bonds is 5. The first-order valence-corrected chi connectivity index (χ1v) is 9.49. The van der Waals surface area contributed by atoms with E-state index in [0.717, 1.165) is 26.7 Å². The van der Waals surface area contributed by atoms with Crippen molar-refractivity contribution in [3.05, 3.63) is 63.6 Å². The molecule has 6 heteroatoms. The zero-order chi connectivity index (χ0) is 18.0. The standard InChI is InChI=1S/C19H17BrN2O2S/c1-11-8-9-12(2)15(10-11)17(23)13(3)25-19-22-21-18(24-19)14-6-4-5-7-16(14)20/h4-10,13H,1-3H3. The molecular formula is C19H17BrN2O2S. The Labute approximate surface area is 159 Å². The summed E-state index contributed by atoms with van der Waals surface area (Å²) in [7, 11) is 0. The number of nitrogens with zero attached hydrogens (tertiary/aromatic N) is 2. The van der Waals surface area contributed by atoms with Gasteiger partial charge < -0.3 is 4.42 Å². The van der Waals surface area contributed by atoms with Gasteiger partial charge in [0.25, 0.3) is 5.22 Å². The van der Waals surface area contributed by atoms with Gasteiger partial charge in [-0.05, 0) is 60.5 Å². The Morgan fingerprint density at radius 3 is 2.68 bits per heavy atom. The first-order chi connectivity index (χ1) is 12.0. The van der Waals surface area contributed by atoms with E-state index in [1.54, 1.807) is 0 Å². The van der Waals surface area contributed by atoms with Crippen LogP contribution in [0.15, 0.2) is 56.6 Å². The number of ketones is 1. The highest BCUT2D eigenvalue weighted by atomic mass is 79.9. The molecule has 0 fully saturated rings. The third-order valence-electron chi connectivity index (χ3n) is 3.82. The van der Waals surface area contributed by atoms with Crippen molar-refractivity contribution in [1.82, 2.24) is 10.2 Å². The maximum absolute atomic E-state index is 12.7. The Balaban J connectivity index is 1.78. The summed E-state index contributed by atoms with van der Waals surface area (Å²) in [6, 6.07) is 13.5. The Hall–Kier alpha value is -1.92. The van der Waals surface area contributed by atoms with Gasteiger partial charge in [0.15, 0.2) is 5.78 Å². The molecule has 1 aromatic heterocycles. The fraction of sp³-hybridized carbons (Fsp3) is 0.211. The third-order valence-corrected chi connectivity index (χ3v) is 5.44. The van der Waals surface area contributed by atoms with Crippen LogP contribution in [0, 0.1) is 13.8 Å². The van der Waals surface area contributed by atoms with Crippen LogP contribution in [-0.2, 0) is 0 Å². The van der Waals surface area contributed by atoms with E-state index in [0.29, 0.717) is 11.1 Å². The molecule has 0 aliphatic rings. The highest BCUT2D eigenvalue weighted by Crippen LogP contribution is 2.31. The predicted molar refractivity (Wildman–Crippen MR) is 103 cm³/mol. The van der Waals surface area contributed by atoms with E-state index in [9.17, 15) is 4.79 Å². The van der Waals surface area contributed by atoms with E-state index < -0.39 is 0 Å². The molecule has 0 N–H and O–H groups in total. The minimum Gasteiger partial charge on any atom is -0.411 e. The molecule has 25 heavy (non-hydrogen) atoms. The lowest BCUT2D eigenvalue weighted by atomic mass is 10.0. The number of aromatic nitrogens is 2. The topological polar surface area (TPSA) is 56.0 Å². The van der Waals surface area contributed by atoms with E-state index in [1.165, 1.54) is 11.8 Å². The molecule has 0 amide bonds. The van der Waals surface area contributed by atoms with Crippen LogP contribution in [0.2, 0.25) is 0 Å². The second-order valence-corrected chi connectivity index (χ2v) is 7.94. The van der Waals surface area contributed by atoms with Gasteiger partial charge in [0, 0.05) is 10.0 Å². The van der Waals surface area contributed by atoms with E-state index >= 15 is 0 Å². The van der Waals surface area contributed by atoms with Crippen molar-refractivity contribution in [1.29, 1.82) is 0 Å². The number of carbonyl (C=O) groups excluding carboxylic acids is 1. The van der Waals surface area contributed by atoms with Crippen LogP contribution in [0.25, 0.3) is 11.5 Å². The van der Waals surface area contributed by atoms with Crippen LogP contribution in [0.3, 0.4) is 0 Å². The first kappa shape index (κ1) is 17.9. The molecule has 3 rings (SSSR count). The fourth-order valence-electron chi connectivity index (χ4n) is 2.43. The lowest BCUT2D eigenvalue weighted by Crippen LogP contribution is -2.15. The van der Waals surface area contributed by atoms with Crippen LogP contribution in [-0.4, -0.2) is 21.2 Å². The van der Waals surface area contributed by atoms with Crippen LogP contribution >= 0.6 is 27.7 Å². The van der Waals surface area contributed by atoms with Crippen LogP contribution in [0.1, 0.15) is 28.4 Å². The quantitative estimate of drug-likeness (QED) is 0.407. The van der Waals surface area contributed by atoms with Gasteiger partial charge in [-0.25, -0.2) is 0 Å². The fourth-order valence-corrected chi connectivity index (χ4v) is 3.63. The molecule has 1 heterocycles. The third kappa shape index (κ3) is 4.02. The number of thioether (sulfide) groups is 1. The Morgan fingerprint density at radius 2 is 1.92 bits per heavy atom. The molecule has 3 aromatic rings. The summed E-state index contributed by atoms with van der Waals surface area (Å²) in [6.07, 6.45) is 0. The van der Waals surface area contributed by atoms with E-state index in [-0.39, 0.29) is 11.0 Å². The molecule has 1 unspecified atom stereocenters. The summed E-state index contributed by atoms with van der Waals surface area (Å²) in [5, 5.41) is 8.22. The average molecular weight is 417 g/mol. The normalized spacial score (nSPS) is 12.2. The van der Waals surface area contributed by atoms with Crippen molar-refractivity contribution in [2.45, 2.75) is 31.2 Å². The van der Waals surface area contributed by atoms with Gasteiger partial charge in [0.1, 0.15) is 0 Å². The first-order valence-electron chi connectivity index (χ1n) is 7.82. The molecule has 0 saturated carbocycles. The Bertz CT molecular complexity index is 923. The highest BCUT2D eigenvalue weighted by Gasteiger charge is 2.21. The molecule has 0 spiro atoms. The van der Waals surface area contributed by atoms with E-state index in [4.69, 9.17) is 4.42 Å². The van der Waals surface area contributed by atoms with Gasteiger partial charge in [-0.3, -0.25) is 4.79 Å². The summed E-state index contributed by atoms with van der Waals surface area (Å²) in [5.74, 6) is 0.494. The van der Waals surface area contributed by atoms with Crippen molar-refractivity contribution in [2.24, 2.45) is 0 Å². The molecule has 1 atom stereocenters. The number of halogens is 1. The Morgan fingerprint density at radius 1 is 1.16 bits per heavy atom.